The van der Waals surface area contributed by atoms with Gasteiger partial charge in [-0.25, -0.2) is 0 Å². The van der Waals surface area contributed by atoms with Crippen molar-refractivity contribution in [3.63, 3.8) is 0 Å². The van der Waals surface area contributed by atoms with Crippen molar-refractivity contribution in [1.82, 2.24) is 10.2 Å². The number of ether oxygens (including phenoxy) is 3. The van der Waals surface area contributed by atoms with Gasteiger partial charge in [0.25, 0.3) is 5.91 Å². The number of aliphatic hydroxyl groups excluding tert-OH is 1. The number of fused-ring (bicyclic) bond motifs is 1. The number of aliphatic hydroxyl groups is 1. The van der Waals surface area contributed by atoms with Gasteiger partial charge in [-0.2, -0.15) is 0 Å². The summed E-state index contributed by atoms with van der Waals surface area (Å²) >= 11 is 3.75. The largest absolute Gasteiger partial charge is 0.497 e. The minimum atomic E-state index is -1.29. The van der Waals surface area contributed by atoms with Crippen LogP contribution in [0, 0.1) is 11.8 Å². The molecule has 0 aliphatic carbocycles. The molecule has 3 amide bonds. The van der Waals surface area contributed by atoms with E-state index < -0.39 is 47.7 Å². The second-order valence-electron chi connectivity index (χ2n) is 13.7. The first-order valence-corrected chi connectivity index (χ1v) is 19.0. The van der Waals surface area contributed by atoms with Crippen LogP contribution in [0.1, 0.15) is 63.5 Å². The van der Waals surface area contributed by atoms with Gasteiger partial charge >= 0.3 is 5.97 Å². The minimum Gasteiger partial charge on any atom is -0.497 e. The predicted octanol–water partition coefficient (Wildman–Crippen LogP) is 5.27. The number of benzene rings is 2. The molecule has 52 heavy (non-hydrogen) atoms. The Labute approximate surface area is 314 Å². The molecule has 2 aromatic carbocycles. The lowest BCUT2D eigenvalue weighted by molar-refractivity contribution is -0.162. The van der Waals surface area contributed by atoms with Crippen molar-refractivity contribution < 1.29 is 38.5 Å². The summed E-state index contributed by atoms with van der Waals surface area (Å²) in [7, 11) is 1.57. The minimum absolute atomic E-state index is 0.0834. The molecule has 3 aliphatic heterocycles. The first kappa shape index (κ1) is 39.2. The van der Waals surface area contributed by atoms with Crippen LogP contribution in [-0.4, -0.2) is 89.1 Å². The highest BCUT2D eigenvalue weighted by Gasteiger charge is 2.77. The van der Waals surface area contributed by atoms with E-state index in [0.717, 1.165) is 12.8 Å². The molecule has 8 atom stereocenters. The van der Waals surface area contributed by atoms with Gasteiger partial charge < -0.3 is 34.4 Å². The van der Waals surface area contributed by atoms with Gasteiger partial charge in [-0.05, 0) is 62.4 Å². The van der Waals surface area contributed by atoms with E-state index in [1.165, 1.54) is 0 Å². The third-order valence-corrected chi connectivity index (χ3v) is 11.2. The number of rotatable bonds is 19. The Bertz CT molecular complexity index is 1590. The number of amides is 3. The van der Waals surface area contributed by atoms with Crippen LogP contribution in [0.25, 0.3) is 0 Å². The number of methoxy groups -OCH3 is 1. The smallest absolute Gasteiger partial charge is 0.313 e. The molecule has 2 N–H and O–H groups in total. The molecule has 3 saturated heterocycles. The van der Waals surface area contributed by atoms with Crippen molar-refractivity contribution in [3.8, 4) is 5.75 Å². The number of nitrogens with zero attached hydrogens (tertiary/aromatic N) is 2. The molecule has 3 heterocycles. The lowest BCUT2D eigenvalue weighted by Crippen LogP contribution is -2.57. The van der Waals surface area contributed by atoms with Gasteiger partial charge in [0.15, 0.2) is 0 Å². The molecule has 12 heteroatoms. The average molecular weight is 781 g/mol. The number of hydrogen-bond donors (Lipinski definition) is 2. The summed E-state index contributed by atoms with van der Waals surface area (Å²) in [5.41, 5.74) is 0.00603. The molecule has 1 unspecified atom stereocenters. The van der Waals surface area contributed by atoms with Crippen molar-refractivity contribution in [2.24, 2.45) is 11.8 Å². The van der Waals surface area contributed by atoms with E-state index in [9.17, 15) is 24.3 Å². The van der Waals surface area contributed by atoms with E-state index in [-0.39, 0.29) is 48.7 Å². The lowest BCUT2D eigenvalue weighted by Gasteiger charge is -2.37. The Morgan fingerprint density at radius 1 is 1.10 bits per heavy atom. The van der Waals surface area contributed by atoms with Gasteiger partial charge in [0.2, 0.25) is 11.8 Å². The number of nitrogens with one attached hydrogen (secondary N) is 1. The molecule has 0 radical (unpaired) electrons. The van der Waals surface area contributed by atoms with Crippen molar-refractivity contribution in [2.75, 3.05) is 31.7 Å². The predicted molar refractivity (Wildman–Crippen MR) is 201 cm³/mol. The molecule has 11 nitrogen and oxygen atoms in total. The van der Waals surface area contributed by atoms with E-state index in [2.05, 4.69) is 34.4 Å². The zero-order valence-corrected chi connectivity index (χ0v) is 31.5. The number of likely N-dealkylation sites (tertiary alicyclic amines) is 1. The van der Waals surface area contributed by atoms with Gasteiger partial charge in [0.05, 0.1) is 31.1 Å². The quantitative estimate of drug-likeness (QED) is 0.0853. The zero-order chi connectivity index (χ0) is 37.4. The average Bonchev–Trinajstić information content (AvgIpc) is 3.74. The van der Waals surface area contributed by atoms with Gasteiger partial charge in [0, 0.05) is 36.6 Å². The number of halogens is 1. The first-order chi connectivity index (χ1) is 25.1. The van der Waals surface area contributed by atoms with Gasteiger partial charge in [-0.15, -0.1) is 13.2 Å². The molecule has 280 valence electrons. The summed E-state index contributed by atoms with van der Waals surface area (Å²) in [4.78, 5) is 59.6. The number of alkyl halides is 1. The number of carbonyl (C=O) groups excluding carboxylic acids is 4. The van der Waals surface area contributed by atoms with E-state index in [1.54, 1.807) is 60.3 Å². The Morgan fingerprint density at radius 3 is 2.46 bits per heavy atom. The molecule has 2 bridgehead atoms. The first-order valence-electron chi connectivity index (χ1n) is 18.1. The summed E-state index contributed by atoms with van der Waals surface area (Å²) < 4.78 is 18.4. The SMILES string of the molecule is C=CCCC(=O)N[C@@H](C)[C@H](OC(=O)[C@H]1[C@@H]2O[C@@]3(CC2Br)[C@@H]1C(=O)N(CCCCCCO)[C@@H]3C(=O)N(CC=C)c1ccc(OC)cc1)c1ccccc1. The molecule has 0 aromatic heterocycles. The molecule has 2 aromatic rings. The highest BCUT2D eigenvalue weighted by Crippen LogP contribution is 2.60. The summed E-state index contributed by atoms with van der Waals surface area (Å²) in [6, 6.07) is 14.7. The highest BCUT2D eigenvalue weighted by molar-refractivity contribution is 9.09. The van der Waals surface area contributed by atoms with Crippen LogP contribution in [0.4, 0.5) is 5.69 Å². The molecular formula is C40H50BrN3O8. The highest BCUT2D eigenvalue weighted by atomic mass is 79.9. The van der Waals surface area contributed by atoms with Crippen molar-refractivity contribution in [2.45, 2.75) is 86.6 Å². The van der Waals surface area contributed by atoms with Crippen LogP contribution in [0.3, 0.4) is 0 Å². The Balaban J connectivity index is 1.49. The van der Waals surface area contributed by atoms with E-state index in [1.807, 2.05) is 30.3 Å². The molecule has 3 fully saturated rings. The van der Waals surface area contributed by atoms with E-state index in [0.29, 0.717) is 42.7 Å². The van der Waals surface area contributed by atoms with Gasteiger partial charge in [0.1, 0.15) is 23.5 Å². The summed E-state index contributed by atoms with van der Waals surface area (Å²) in [5, 5.41) is 12.3. The molecule has 1 spiro atoms. The maximum absolute atomic E-state index is 14.9. The van der Waals surface area contributed by atoms with E-state index in [4.69, 9.17) is 14.2 Å². The fraction of sp³-hybridized carbons (Fsp3) is 0.500. The Morgan fingerprint density at radius 2 is 1.81 bits per heavy atom. The summed E-state index contributed by atoms with van der Waals surface area (Å²) in [5.74, 6) is -2.79. The second kappa shape index (κ2) is 17.7. The van der Waals surface area contributed by atoms with Crippen LogP contribution >= 0.6 is 15.9 Å². The zero-order valence-electron chi connectivity index (χ0n) is 30.0. The number of unbranched alkanes of at least 4 members (excludes halogenated alkanes) is 3. The normalized spacial score (nSPS) is 25.6. The van der Waals surface area contributed by atoms with Crippen LogP contribution in [0.5, 0.6) is 5.75 Å². The van der Waals surface area contributed by atoms with Gasteiger partial charge in [-0.1, -0.05) is 71.3 Å². The standard InChI is InChI=1S/C40H50BrN3O8/c1-5-7-17-31(46)42-26(3)34(27-15-11-10-12-16-27)51-39(49)32-33-37(47)44(23-13-8-9-14-24-45)36(40(33)25-30(41)35(32)52-40)38(48)43(22-6-2)28-18-20-29(50-4)21-19-28/h5-6,10-12,15-16,18-21,26,30,32-36,45H,1-2,7-9,13-14,17,22-25H2,3-4H3,(H,42,46)/t26-,30?,32+,33-,34-,35+,36+,40-/m0/s1. The number of anilines is 1. The Kier molecular flexibility index (Phi) is 13.3. The van der Waals surface area contributed by atoms with Crippen molar-refractivity contribution in [1.29, 1.82) is 0 Å². The van der Waals surface area contributed by atoms with Crippen molar-refractivity contribution >= 4 is 45.3 Å². The molecule has 0 saturated carbocycles. The Hall–Kier alpha value is -4.00. The van der Waals surface area contributed by atoms with Crippen LogP contribution in [0.2, 0.25) is 0 Å². The van der Waals surface area contributed by atoms with Gasteiger partial charge in [-0.3, -0.25) is 19.2 Å². The maximum atomic E-state index is 14.9. The fourth-order valence-corrected chi connectivity index (χ4v) is 8.91. The number of hydrogen-bond acceptors (Lipinski definition) is 8. The van der Waals surface area contributed by atoms with E-state index >= 15 is 0 Å². The number of carbonyl (C=O) groups is 4. The second-order valence-corrected chi connectivity index (χ2v) is 14.9. The number of esters is 1. The topological polar surface area (TPSA) is 135 Å². The summed E-state index contributed by atoms with van der Waals surface area (Å²) in [6.45, 7) is 9.91. The molecule has 3 aliphatic rings. The van der Waals surface area contributed by atoms with Crippen LogP contribution in [-0.2, 0) is 28.7 Å². The van der Waals surface area contributed by atoms with Crippen molar-refractivity contribution in [3.05, 3.63) is 85.5 Å². The summed E-state index contributed by atoms with van der Waals surface area (Å²) in [6.07, 6.45) is 5.63. The van der Waals surface area contributed by atoms with Crippen LogP contribution < -0.4 is 15.0 Å². The third-order valence-electron chi connectivity index (χ3n) is 10.4. The molecular weight excluding hydrogens is 730 g/mol. The monoisotopic (exact) mass is 779 g/mol. The number of allylic oxidation sites excluding steroid dienone is 1. The maximum Gasteiger partial charge on any atom is 0.313 e. The molecule has 5 rings (SSSR count). The third kappa shape index (κ3) is 7.99. The lowest BCUT2D eigenvalue weighted by atomic mass is 9.70. The fourth-order valence-electron chi connectivity index (χ4n) is 7.97. The van der Waals surface area contributed by atoms with Crippen LogP contribution in [0.15, 0.2) is 79.9 Å².